The van der Waals surface area contributed by atoms with Crippen LogP contribution in [0.4, 0.5) is 5.82 Å². The largest absolute Gasteiger partial charge is 0.357 e. The molecule has 5 nitrogen and oxygen atoms in total. The van der Waals surface area contributed by atoms with Gasteiger partial charge in [0.1, 0.15) is 17.6 Å². The lowest BCUT2D eigenvalue weighted by molar-refractivity contribution is -0.133. The Morgan fingerprint density at radius 3 is 2.63 bits per heavy atom. The first-order valence-electron chi connectivity index (χ1n) is 9.69. The molecule has 0 unspecified atom stereocenters. The minimum Gasteiger partial charge on any atom is -0.357 e. The van der Waals surface area contributed by atoms with Crippen LogP contribution >= 0.6 is 0 Å². The Kier molecular flexibility index (Phi) is 5.06. The van der Waals surface area contributed by atoms with Crippen molar-refractivity contribution in [3.8, 4) is 6.07 Å². The van der Waals surface area contributed by atoms with Gasteiger partial charge in [-0.3, -0.25) is 4.79 Å². The number of rotatable bonds is 3. The van der Waals surface area contributed by atoms with Crippen molar-refractivity contribution in [3.05, 3.63) is 59.3 Å². The summed E-state index contributed by atoms with van der Waals surface area (Å²) in [5, 5.41) is 9.01. The van der Waals surface area contributed by atoms with Crippen LogP contribution in [0.3, 0.4) is 0 Å². The highest BCUT2D eigenvalue weighted by molar-refractivity contribution is 5.76. The van der Waals surface area contributed by atoms with E-state index in [1.807, 2.05) is 17.0 Å². The SMILES string of the molecule is N#Cc1cccc(N2CCC(CC(=O)N3CCc4ccccc4C3)CC2)n1. The first-order valence-corrected chi connectivity index (χ1v) is 9.69. The molecule has 2 aliphatic heterocycles. The third kappa shape index (κ3) is 3.95. The van der Waals surface area contributed by atoms with Gasteiger partial charge in [-0.2, -0.15) is 5.26 Å². The number of nitriles is 1. The van der Waals surface area contributed by atoms with E-state index >= 15 is 0 Å². The van der Waals surface area contributed by atoms with Crippen molar-refractivity contribution >= 4 is 11.7 Å². The molecule has 0 aliphatic carbocycles. The minimum atomic E-state index is 0.285. The second-order valence-corrected chi connectivity index (χ2v) is 7.46. The minimum absolute atomic E-state index is 0.285. The lowest BCUT2D eigenvalue weighted by Gasteiger charge is -2.34. The predicted molar refractivity (Wildman–Crippen MR) is 104 cm³/mol. The summed E-state index contributed by atoms with van der Waals surface area (Å²) in [7, 11) is 0. The molecule has 2 aliphatic rings. The summed E-state index contributed by atoms with van der Waals surface area (Å²) in [5.74, 6) is 1.59. The molecule has 1 aromatic carbocycles. The second kappa shape index (κ2) is 7.79. The molecule has 3 heterocycles. The Labute approximate surface area is 160 Å². The highest BCUT2D eigenvalue weighted by Crippen LogP contribution is 2.26. The van der Waals surface area contributed by atoms with E-state index in [0.29, 0.717) is 18.0 Å². The summed E-state index contributed by atoms with van der Waals surface area (Å²) in [6.45, 7) is 3.36. The zero-order chi connectivity index (χ0) is 18.6. The maximum atomic E-state index is 12.8. The van der Waals surface area contributed by atoms with Crippen LogP contribution in [0.5, 0.6) is 0 Å². The molecule has 2 aromatic rings. The number of pyridine rings is 1. The summed E-state index contributed by atoms with van der Waals surface area (Å²) in [5.41, 5.74) is 3.12. The molecule has 0 bridgehead atoms. The molecule has 0 spiro atoms. The van der Waals surface area contributed by atoms with Crippen LogP contribution in [0.1, 0.15) is 36.1 Å². The van der Waals surface area contributed by atoms with Gasteiger partial charge >= 0.3 is 0 Å². The second-order valence-electron chi connectivity index (χ2n) is 7.46. The van der Waals surface area contributed by atoms with E-state index in [1.54, 1.807) is 6.07 Å². The van der Waals surface area contributed by atoms with Crippen LogP contribution in [0, 0.1) is 17.2 Å². The Morgan fingerprint density at radius 2 is 1.85 bits per heavy atom. The molecule has 27 heavy (non-hydrogen) atoms. The third-order valence-corrected chi connectivity index (χ3v) is 5.73. The van der Waals surface area contributed by atoms with Crippen molar-refractivity contribution in [1.29, 1.82) is 5.26 Å². The van der Waals surface area contributed by atoms with E-state index < -0.39 is 0 Å². The summed E-state index contributed by atoms with van der Waals surface area (Å²) in [4.78, 5) is 21.4. The Morgan fingerprint density at radius 1 is 1.07 bits per heavy atom. The lowest BCUT2D eigenvalue weighted by atomic mass is 9.92. The number of benzene rings is 1. The highest BCUT2D eigenvalue weighted by Gasteiger charge is 2.26. The number of hydrogen-bond acceptors (Lipinski definition) is 4. The summed E-state index contributed by atoms with van der Waals surface area (Å²) >= 11 is 0. The monoisotopic (exact) mass is 360 g/mol. The van der Waals surface area contributed by atoms with E-state index in [0.717, 1.165) is 51.3 Å². The third-order valence-electron chi connectivity index (χ3n) is 5.73. The highest BCUT2D eigenvalue weighted by atomic mass is 16.2. The predicted octanol–water partition coefficient (Wildman–Crippen LogP) is 3.14. The van der Waals surface area contributed by atoms with Crippen LogP contribution in [-0.2, 0) is 17.8 Å². The number of anilines is 1. The molecule has 1 amide bonds. The summed E-state index contributed by atoms with van der Waals surface area (Å²) in [6, 6.07) is 16.1. The van der Waals surface area contributed by atoms with E-state index in [9.17, 15) is 4.79 Å². The first kappa shape index (κ1) is 17.5. The number of aromatic nitrogens is 1. The molecule has 4 rings (SSSR count). The van der Waals surface area contributed by atoms with Gasteiger partial charge in [-0.1, -0.05) is 30.3 Å². The van der Waals surface area contributed by atoms with Gasteiger partial charge < -0.3 is 9.80 Å². The van der Waals surface area contributed by atoms with Crippen molar-refractivity contribution < 1.29 is 4.79 Å². The fourth-order valence-corrected chi connectivity index (χ4v) is 4.11. The topological polar surface area (TPSA) is 60.2 Å². The van der Waals surface area contributed by atoms with Gasteiger partial charge in [0, 0.05) is 32.6 Å². The smallest absolute Gasteiger partial charge is 0.223 e. The Hall–Kier alpha value is -2.87. The van der Waals surface area contributed by atoms with Crippen molar-refractivity contribution in [2.75, 3.05) is 24.5 Å². The van der Waals surface area contributed by atoms with E-state index in [4.69, 9.17) is 5.26 Å². The van der Waals surface area contributed by atoms with E-state index in [-0.39, 0.29) is 5.91 Å². The maximum Gasteiger partial charge on any atom is 0.223 e. The maximum absolute atomic E-state index is 12.8. The fraction of sp³-hybridized carbons (Fsp3) is 0.409. The molecule has 1 fully saturated rings. The zero-order valence-electron chi connectivity index (χ0n) is 15.5. The van der Waals surface area contributed by atoms with Crippen LogP contribution in [-0.4, -0.2) is 35.4 Å². The van der Waals surface area contributed by atoms with Crippen molar-refractivity contribution in [2.45, 2.75) is 32.2 Å². The molecule has 0 atom stereocenters. The van der Waals surface area contributed by atoms with Gasteiger partial charge in [0.15, 0.2) is 0 Å². The number of hydrogen-bond donors (Lipinski definition) is 0. The van der Waals surface area contributed by atoms with Gasteiger partial charge in [-0.05, 0) is 48.4 Å². The van der Waals surface area contributed by atoms with Gasteiger partial charge in [-0.25, -0.2) is 4.98 Å². The normalized spacial score (nSPS) is 17.3. The number of carbonyl (C=O) groups is 1. The van der Waals surface area contributed by atoms with E-state index in [1.165, 1.54) is 11.1 Å². The van der Waals surface area contributed by atoms with Crippen molar-refractivity contribution in [3.63, 3.8) is 0 Å². The van der Waals surface area contributed by atoms with Crippen LogP contribution in [0.15, 0.2) is 42.5 Å². The van der Waals surface area contributed by atoms with Gasteiger partial charge in [0.25, 0.3) is 0 Å². The number of fused-ring (bicyclic) bond motifs is 1. The lowest BCUT2D eigenvalue weighted by Crippen LogP contribution is -2.39. The molecule has 0 radical (unpaired) electrons. The Bertz CT molecular complexity index is 865. The first-order chi connectivity index (χ1) is 13.2. The van der Waals surface area contributed by atoms with Crippen LogP contribution in [0.25, 0.3) is 0 Å². The quantitative estimate of drug-likeness (QED) is 0.844. The van der Waals surface area contributed by atoms with Gasteiger partial charge in [0.2, 0.25) is 5.91 Å². The van der Waals surface area contributed by atoms with Crippen molar-refractivity contribution in [1.82, 2.24) is 9.88 Å². The molecule has 0 N–H and O–H groups in total. The molecule has 0 saturated carbocycles. The van der Waals surface area contributed by atoms with E-state index in [2.05, 4.69) is 40.2 Å². The van der Waals surface area contributed by atoms with Gasteiger partial charge in [0.05, 0.1) is 0 Å². The molecule has 138 valence electrons. The molecule has 1 saturated heterocycles. The fourth-order valence-electron chi connectivity index (χ4n) is 4.11. The van der Waals surface area contributed by atoms with Crippen LogP contribution < -0.4 is 4.90 Å². The molecule has 5 heteroatoms. The number of piperidine rings is 1. The van der Waals surface area contributed by atoms with Crippen LogP contribution in [0.2, 0.25) is 0 Å². The standard InChI is InChI=1S/C22H24N4O/c23-15-20-6-3-7-21(24-20)25-11-8-17(9-12-25)14-22(27)26-13-10-18-4-1-2-5-19(18)16-26/h1-7,17H,8-14,16H2. The number of nitrogens with zero attached hydrogens (tertiary/aromatic N) is 4. The zero-order valence-corrected chi connectivity index (χ0v) is 15.5. The average Bonchev–Trinajstić information content (AvgIpc) is 2.74. The van der Waals surface area contributed by atoms with Gasteiger partial charge in [-0.15, -0.1) is 0 Å². The number of carbonyl (C=O) groups excluding carboxylic acids is 1. The summed E-state index contributed by atoms with van der Waals surface area (Å²) in [6.07, 6.45) is 3.59. The average molecular weight is 360 g/mol. The van der Waals surface area contributed by atoms with Crippen molar-refractivity contribution in [2.24, 2.45) is 5.92 Å². The molecule has 1 aromatic heterocycles. The molecular formula is C22H24N4O. The Balaban J connectivity index is 1.30. The molecular weight excluding hydrogens is 336 g/mol. The summed E-state index contributed by atoms with van der Waals surface area (Å²) < 4.78 is 0. The number of amides is 1.